The Morgan fingerprint density at radius 2 is 2.19 bits per heavy atom. The number of ether oxygens (including phenoxy) is 1. The topological polar surface area (TPSA) is 46.5 Å². The molecule has 0 aliphatic carbocycles. The first kappa shape index (κ1) is 12.9. The van der Waals surface area contributed by atoms with Crippen molar-refractivity contribution in [2.45, 2.75) is 33.0 Å². The molecule has 0 aromatic carbocycles. The lowest BCUT2D eigenvalue weighted by molar-refractivity contribution is -0.131. The largest absolute Gasteiger partial charge is 0.478 e. The van der Waals surface area contributed by atoms with Crippen molar-refractivity contribution in [2.75, 3.05) is 0 Å². The predicted octanol–water partition coefficient (Wildman–Crippen LogP) is 3.16. The average Bonchev–Trinajstić information content (AvgIpc) is 2.58. The zero-order chi connectivity index (χ0) is 12.2. The fourth-order valence-electron chi connectivity index (χ4n) is 1.00. The van der Waals surface area contributed by atoms with Gasteiger partial charge in [-0.1, -0.05) is 0 Å². The van der Waals surface area contributed by atoms with Gasteiger partial charge >= 0.3 is 5.97 Å². The number of thiophene rings is 1. The van der Waals surface area contributed by atoms with Crippen molar-refractivity contribution in [3.8, 4) is 0 Å². The Balaban J connectivity index is 2.55. The minimum atomic E-state index is -0.930. The van der Waals surface area contributed by atoms with E-state index in [0.29, 0.717) is 6.61 Å². The van der Waals surface area contributed by atoms with Crippen molar-refractivity contribution in [3.63, 3.8) is 0 Å². The fraction of sp³-hybridized carbons (Fsp3) is 0.417. The van der Waals surface area contributed by atoms with E-state index >= 15 is 0 Å². The van der Waals surface area contributed by atoms with Crippen LogP contribution in [-0.4, -0.2) is 16.7 Å². The van der Waals surface area contributed by atoms with Gasteiger partial charge in [0.1, 0.15) is 0 Å². The lowest BCUT2D eigenvalue weighted by atomic mass is 10.2. The van der Waals surface area contributed by atoms with Gasteiger partial charge in [-0.15, -0.1) is 11.3 Å². The molecule has 1 N–H and O–H groups in total. The molecule has 88 valence electrons. The van der Waals surface area contributed by atoms with Gasteiger partial charge in [-0.25, -0.2) is 4.79 Å². The smallest absolute Gasteiger partial charge is 0.328 e. The summed E-state index contributed by atoms with van der Waals surface area (Å²) in [5.74, 6) is -0.930. The molecule has 0 atom stereocenters. The molecule has 4 heteroatoms. The van der Waals surface area contributed by atoms with Gasteiger partial charge in [0, 0.05) is 15.8 Å². The molecule has 1 rings (SSSR count). The number of hydrogen-bond acceptors (Lipinski definition) is 3. The van der Waals surface area contributed by atoms with Crippen molar-refractivity contribution in [2.24, 2.45) is 0 Å². The van der Waals surface area contributed by atoms with Crippen LogP contribution in [0.2, 0.25) is 0 Å². The number of carboxylic acid groups (broad SMARTS) is 1. The van der Waals surface area contributed by atoms with Gasteiger partial charge in [-0.05, 0) is 39.0 Å². The van der Waals surface area contributed by atoms with Crippen LogP contribution >= 0.6 is 11.3 Å². The highest BCUT2D eigenvalue weighted by molar-refractivity contribution is 7.12. The molecular weight excluding hydrogens is 224 g/mol. The van der Waals surface area contributed by atoms with E-state index in [0.717, 1.165) is 15.8 Å². The lowest BCUT2D eigenvalue weighted by Crippen LogP contribution is -2.18. The van der Waals surface area contributed by atoms with E-state index < -0.39 is 5.97 Å². The molecular formula is C12H16O3S. The predicted molar refractivity (Wildman–Crippen MR) is 65.5 cm³/mol. The maximum atomic E-state index is 10.3. The van der Waals surface area contributed by atoms with Crippen LogP contribution in [0.25, 0.3) is 6.08 Å². The summed E-state index contributed by atoms with van der Waals surface area (Å²) in [6.45, 7) is 6.58. The molecule has 0 radical (unpaired) electrons. The summed E-state index contributed by atoms with van der Waals surface area (Å²) in [5.41, 5.74) is -0.152. The molecule has 0 spiro atoms. The van der Waals surface area contributed by atoms with Crippen LogP contribution in [-0.2, 0) is 16.1 Å². The van der Waals surface area contributed by atoms with Crippen molar-refractivity contribution in [1.82, 2.24) is 0 Å². The summed E-state index contributed by atoms with van der Waals surface area (Å²) >= 11 is 1.54. The summed E-state index contributed by atoms with van der Waals surface area (Å²) < 4.78 is 5.62. The second kappa shape index (κ2) is 5.27. The maximum absolute atomic E-state index is 10.3. The van der Waals surface area contributed by atoms with Crippen LogP contribution in [0, 0.1) is 0 Å². The van der Waals surface area contributed by atoms with Gasteiger partial charge in [0.25, 0.3) is 0 Å². The monoisotopic (exact) mass is 240 g/mol. The van der Waals surface area contributed by atoms with Gasteiger partial charge < -0.3 is 9.84 Å². The fourth-order valence-corrected chi connectivity index (χ4v) is 1.83. The van der Waals surface area contributed by atoms with Crippen LogP contribution in [0.5, 0.6) is 0 Å². The van der Waals surface area contributed by atoms with Gasteiger partial charge in [-0.3, -0.25) is 0 Å². The number of hydrogen-bond donors (Lipinski definition) is 1. The maximum Gasteiger partial charge on any atom is 0.328 e. The summed E-state index contributed by atoms with van der Waals surface area (Å²) in [7, 11) is 0. The lowest BCUT2D eigenvalue weighted by Gasteiger charge is -2.18. The van der Waals surface area contributed by atoms with E-state index in [2.05, 4.69) is 0 Å². The summed E-state index contributed by atoms with van der Waals surface area (Å²) in [5, 5.41) is 8.48. The Bertz CT molecular complexity index is 385. The average molecular weight is 240 g/mol. The number of rotatable bonds is 4. The first-order chi connectivity index (χ1) is 7.37. The molecule has 0 aliphatic heterocycles. The molecule has 0 fully saturated rings. The van der Waals surface area contributed by atoms with E-state index in [-0.39, 0.29) is 5.60 Å². The Kier molecular flexibility index (Phi) is 4.26. The highest BCUT2D eigenvalue weighted by Gasteiger charge is 2.10. The normalized spacial score (nSPS) is 12.2. The third kappa shape index (κ3) is 5.09. The molecule has 3 nitrogen and oxygen atoms in total. The highest BCUT2D eigenvalue weighted by atomic mass is 32.1. The Hall–Kier alpha value is -1.13. The van der Waals surface area contributed by atoms with Crippen LogP contribution in [0.3, 0.4) is 0 Å². The first-order valence-electron chi connectivity index (χ1n) is 5.00. The minimum Gasteiger partial charge on any atom is -0.478 e. The van der Waals surface area contributed by atoms with E-state index in [1.54, 1.807) is 17.4 Å². The zero-order valence-corrected chi connectivity index (χ0v) is 10.5. The third-order valence-corrected chi connectivity index (χ3v) is 2.74. The molecule has 0 aliphatic rings. The minimum absolute atomic E-state index is 0.152. The molecule has 16 heavy (non-hydrogen) atoms. The Morgan fingerprint density at radius 3 is 2.75 bits per heavy atom. The van der Waals surface area contributed by atoms with Crippen LogP contribution in [0.15, 0.2) is 18.2 Å². The van der Waals surface area contributed by atoms with E-state index in [9.17, 15) is 4.79 Å². The summed E-state index contributed by atoms with van der Waals surface area (Å²) in [6, 6.07) is 3.85. The molecule has 0 amide bonds. The Labute approximate surface area is 99.4 Å². The van der Waals surface area contributed by atoms with Crippen LogP contribution in [0.4, 0.5) is 0 Å². The first-order valence-corrected chi connectivity index (χ1v) is 5.82. The molecule has 1 aromatic heterocycles. The number of carbonyl (C=O) groups is 1. The quantitative estimate of drug-likeness (QED) is 0.822. The standard InChI is InChI=1S/C12H16O3S/c1-12(2,3)15-8-10-5-4-9(16-10)6-7-11(13)14/h4-7H,8H2,1-3H3,(H,13,14). The SMILES string of the molecule is CC(C)(C)OCc1ccc(C=CC(=O)O)s1. The van der Waals surface area contributed by atoms with Crippen molar-refractivity contribution >= 4 is 23.4 Å². The van der Waals surface area contributed by atoms with Crippen LogP contribution in [0.1, 0.15) is 30.5 Å². The van der Waals surface area contributed by atoms with Gasteiger partial charge in [0.15, 0.2) is 0 Å². The molecule has 1 heterocycles. The van der Waals surface area contributed by atoms with Crippen LogP contribution < -0.4 is 0 Å². The van der Waals surface area contributed by atoms with Gasteiger partial charge in [0.2, 0.25) is 0 Å². The van der Waals surface area contributed by atoms with Gasteiger partial charge in [-0.2, -0.15) is 0 Å². The molecule has 1 aromatic rings. The number of carboxylic acids is 1. The molecule has 0 unspecified atom stereocenters. The number of aliphatic carboxylic acids is 1. The third-order valence-electron chi connectivity index (χ3n) is 1.72. The summed E-state index contributed by atoms with van der Waals surface area (Å²) in [4.78, 5) is 12.4. The Morgan fingerprint density at radius 1 is 1.50 bits per heavy atom. The molecule has 0 saturated heterocycles. The molecule has 0 bridgehead atoms. The summed E-state index contributed by atoms with van der Waals surface area (Å²) in [6.07, 6.45) is 2.73. The molecule has 0 saturated carbocycles. The zero-order valence-electron chi connectivity index (χ0n) is 9.69. The van der Waals surface area contributed by atoms with Gasteiger partial charge in [0.05, 0.1) is 12.2 Å². The van der Waals surface area contributed by atoms with Crippen molar-refractivity contribution < 1.29 is 14.6 Å². The second-order valence-corrected chi connectivity index (χ2v) is 5.58. The second-order valence-electron chi connectivity index (χ2n) is 4.38. The van der Waals surface area contributed by atoms with Crippen molar-refractivity contribution in [1.29, 1.82) is 0 Å². The highest BCUT2D eigenvalue weighted by Crippen LogP contribution is 2.21. The van der Waals surface area contributed by atoms with E-state index in [1.807, 2.05) is 32.9 Å². The van der Waals surface area contributed by atoms with Crippen molar-refractivity contribution in [3.05, 3.63) is 28.0 Å². The van der Waals surface area contributed by atoms with E-state index in [1.165, 1.54) is 0 Å². The van der Waals surface area contributed by atoms with E-state index in [4.69, 9.17) is 9.84 Å².